The summed E-state index contributed by atoms with van der Waals surface area (Å²) in [5, 5.41) is 9.98. The second-order valence-electron chi connectivity index (χ2n) is 8.12. The molecular weight excluding hydrogens is 290 g/mol. The number of phenols is 1. The van der Waals surface area contributed by atoms with Crippen LogP contribution >= 0.6 is 0 Å². The molecule has 126 valence electrons. The van der Waals surface area contributed by atoms with Gasteiger partial charge in [-0.3, -0.25) is 9.69 Å². The molecule has 2 atom stereocenters. The number of phenolic OH excluding ortho intramolecular Hbond substituents is 1. The van der Waals surface area contributed by atoms with E-state index in [9.17, 15) is 9.90 Å². The molecule has 0 spiro atoms. The SMILES string of the molecule is COc1cc2c(cc1O)CCN1C[C@H](CC(C)(C)C)C(=O)C[C@@H]21. The topological polar surface area (TPSA) is 49.8 Å². The maximum atomic E-state index is 12.7. The Balaban J connectivity index is 1.86. The van der Waals surface area contributed by atoms with Crippen molar-refractivity contribution in [3.8, 4) is 11.5 Å². The molecule has 0 amide bonds. The van der Waals surface area contributed by atoms with Gasteiger partial charge in [-0.15, -0.1) is 0 Å². The van der Waals surface area contributed by atoms with Crippen molar-refractivity contribution in [1.29, 1.82) is 0 Å². The largest absolute Gasteiger partial charge is 0.504 e. The highest BCUT2D eigenvalue weighted by Crippen LogP contribution is 2.42. The van der Waals surface area contributed by atoms with E-state index in [4.69, 9.17) is 4.74 Å². The summed E-state index contributed by atoms with van der Waals surface area (Å²) in [6, 6.07) is 3.85. The molecule has 1 fully saturated rings. The monoisotopic (exact) mass is 317 g/mol. The number of aromatic hydroxyl groups is 1. The van der Waals surface area contributed by atoms with Gasteiger partial charge in [-0.1, -0.05) is 20.8 Å². The van der Waals surface area contributed by atoms with Crippen molar-refractivity contribution in [2.75, 3.05) is 20.2 Å². The van der Waals surface area contributed by atoms with E-state index in [0.29, 0.717) is 18.0 Å². The van der Waals surface area contributed by atoms with Gasteiger partial charge in [0, 0.05) is 31.5 Å². The first-order valence-electron chi connectivity index (χ1n) is 8.45. The minimum Gasteiger partial charge on any atom is -0.504 e. The van der Waals surface area contributed by atoms with Crippen LogP contribution in [-0.4, -0.2) is 36.0 Å². The molecule has 2 aliphatic rings. The van der Waals surface area contributed by atoms with Crippen molar-refractivity contribution >= 4 is 5.78 Å². The summed E-state index contributed by atoms with van der Waals surface area (Å²) in [5.74, 6) is 1.20. The summed E-state index contributed by atoms with van der Waals surface area (Å²) in [5.41, 5.74) is 2.47. The van der Waals surface area contributed by atoms with E-state index in [1.54, 1.807) is 13.2 Å². The van der Waals surface area contributed by atoms with Gasteiger partial charge in [0.2, 0.25) is 0 Å². The van der Waals surface area contributed by atoms with Crippen LogP contribution in [0.25, 0.3) is 0 Å². The summed E-state index contributed by atoms with van der Waals surface area (Å²) in [4.78, 5) is 15.1. The molecule has 1 N–H and O–H groups in total. The summed E-state index contributed by atoms with van der Waals surface area (Å²) in [7, 11) is 1.56. The summed E-state index contributed by atoms with van der Waals surface area (Å²) < 4.78 is 5.25. The fraction of sp³-hybridized carbons (Fsp3) is 0.632. The Morgan fingerprint density at radius 2 is 2.09 bits per heavy atom. The lowest BCUT2D eigenvalue weighted by Gasteiger charge is -2.44. The van der Waals surface area contributed by atoms with E-state index < -0.39 is 0 Å². The van der Waals surface area contributed by atoms with Crippen LogP contribution in [0.15, 0.2) is 12.1 Å². The number of ether oxygens (including phenoxy) is 1. The lowest BCUT2D eigenvalue weighted by Crippen LogP contribution is -2.47. The molecule has 1 aromatic carbocycles. The smallest absolute Gasteiger partial charge is 0.160 e. The quantitative estimate of drug-likeness (QED) is 0.909. The van der Waals surface area contributed by atoms with Crippen LogP contribution < -0.4 is 4.74 Å². The number of hydrogen-bond acceptors (Lipinski definition) is 4. The standard InChI is InChI=1S/C19H27NO3/c1-19(2,3)10-13-11-20-6-5-12-7-17(22)18(23-4)8-14(12)15(20)9-16(13)21/h7-8,13,15,22H,5-6,9-11H2,1-4H3/t13-,15-/m0/s1. The second kappa shape index (κ2) is 5.82. The predicted molar refractivity (Wildman–Crippen MR) is 89.9 cm³/mol. The van der Waals surface area contributed by atoms with Crippen LogP contribution in [0, 0.1) is 11.3 Å². The Morgan fingerprint density at radius 3 is 2.74 bits per heavy atom. The molecule has 0 aliphatic carbocycles. The second-order valence-corrected chi connectivity index (χ2v) is 8.12. The number of carbonyl (C=O) groups is 1. The van der Waals surface area contributed by atoms with Gasteiger partial charge in [0.05, 0.1) is 7.11 Å². The minimum atomic E-state index is 0.136. The van der Waals surface area contributed by atoms with Crippen LogP contribution in [-0.2, 0) is 11.2 Å². The van der Waals surface area contributed by atoms with E-state index in [1.165, 1.54) is 0 Å². The van der Waals surface area contributed by atoms with Crippen molar-refractivity contribution in [3.05, 3.63) is 23.3 Å². The third-order valence-electron chi connectivity index (χ3n) is 5.07. The number of rotatable bonds is 2. The molecule has 0 unspecified atom stereocenters. The first kappa shape index (κ1) is 16.3. The molecule has 4 nitrogen and oxygen atoms in total. The minimum absolute atomic E-state index is 0.136. The molecular formula is C19H27NO3. The van der Waals surface area contributed by atoms with E-state index in [0.717, 1.165) is 37.1 Å². The molecule has 2 heterocycles. The Morgan fingerprint density at radius 1 is 1.35 bits per heavy atom. The van der Waals surface area contributed by atoms with Crippen molar-refractivity contribution in [1.82, 2.24) is 4.90 Å². The highest BCUT2D eigenvalue weighted by molar-refractivity contribution is 5.83. The Kier molecular flexibility index (Phi) is 4.13. The summed E-state index contributed by atoms with van der Waals surface area (Å²) in [6.07, 6.45) is 2.43. The number of methoxy groups -OCH3 is 1. The molecule has 0 bridgehead atoms. The zero-order valence-corrected chi connectivity index (χ0v) is 14.6. The predicted octanol–water partition coefficient (Wildman–Crippen LogP) is 3.33. The fourth-order valence-corrected chi connectivity index (χ4v) is 4.05. The number of ketones is 1. The van der Waals surface area contributed by atoms with Gasteiger partial charge < -0.3 is 9.84 Å². The average molecular weight is 317 g/mol. The van der Waals surface area contributed by atoms with E-state index in [-0.39, 0.29) is 23.1 Å². The Hall–Kier alpha value is -1.55. The molecule has 4 heteroatoms. The lowest BCUT2D eigenvalue weighted by molar-refractivity contribution is -0.130. The number of hydrogen-bond donors (Lipinski definition) is 1. The third kappa shape index (κ3) is 3.23. The number of fused-ring (bicyclic) bond motifs is 3. The Labute approximate surface area is 138 Å². The van der Waals surface area contributed by atoms with Gasteiger partial charge in [0.1, 0.15) is 5.78 Å². The molecule has 1 aromatic rings. The van der Waals surface area contributed by atoms with E-state index in [2.05, 4.69) is 25.7 Å². The Bertz CT molecular complexity index is 618. The number of Topliss-reactive ketones (excluding diaryl/α,β-unsaturated/α-hetero) is 1. The van der Waals surface area contributed by atoms with Gasteiger partial charge >= 0.3 is 0 Å². The third-order valence-corrected chi connectivity index (χ3v) is 5.07. The zero-order valence-electron chi connectivity index (χ0n) is 14.6. The first-order valence-corrected chi connectivity index (χ1v) is 8.45. The van der Waals surface area contributed by atoms with Gasteiger partial charge in [-0.25, -0.2) is 0 Å². The first-order chi connectivity index (χ1) is 10.8. The summed E-state index contributed by atoms with van der Waals surface area (Å²) >= 11 is 0. The fourth-order valence-electron chi connectivity index (χ4n) is 4.05. The number of carbonyl (C=O) groups excluding carboxylic acids is 1. The zero-order chi connectivity index (χ0) is 16.8. The average Bonchev–Trinajstić information content (AvgIpc) is 2.46. The highest BCUT2D eigenvalue weighted by Gasteiger charge is 2.39. The lowest BCUT2D eigenvalue weighted by atomic mass is 9.76. The normalized spacial score (nSPS) is 25.0. The van der Waals surface area contributed by atoms with Crippen LogP contribution in [0.1, 0.15) is 50.8 Å². The van der Waals surface area contributed by atoms with Crippen LogP contribution in [0.5, 0.6) is 11.5 Å². The number of nitrogens with zero attached hydrogens (tertiary/aromatic N) is 1. The maximum absolute atomic E-state index is 12.7. The van der Waals surface area contributed by atoms with Crippen LogP contribution in [0.2, 0.25) is 0 Å². The number of piperidine rings is 1. The van der Waals surface area contributed by atoms with E-state index >= 15 is 0 Å². The molecule has 1 saturated heterocycles. The van der Waals surface area contributed by atoms with Crippen molar-refractivity contribution < 1.29 is 14.6 Å². The van der Waals surface area contributed by atoms with Crippen molar-refractivity contribution in [3.63, 3.8) is 0 Å². The molecule has 0 radical (unpaired) electrons. The molecule has 3 rings (SSSR count). The molecule has 0 aromatic heterocycles. The molecule has 23 heavy (non-hydrogen) atoms. The van der Waals surface area contributed by atoms with Gasteiger partial charge in [0.25, 0.3) is 0 Å². The van der Waals surface area contributed by atoms with Crippen LogP contribution in [0.4, 0.5) is 0 Å². The molecule has 0 saturated carbocycles. The summed E-state index contributed by atoms with van der Waals surface area (Å²) in [6.45, 7) is 8.41. The number of benzene rings is 1. The van der Waals surface area contributed by atoms with E-state index in [1.807, 2.05) is 6.07 Å². The van der Waals surface area contributed by atoms with Gasteiger partial charge in [-0.05, 0) is 41.5 Å². The van der Waals surface area contributed by atoms with Crippen molar-refractivity contribution in [2.24, 2.45) is 11.3 Å². The maximum Gasteiger partial charge on any atom is 0.160 e. The van der Waals surface area contributed by atoms with Crippen molar-refractivity contribution in [2.45, 2.75) is 46.1 Å². The highest BCUT2D eigenvalue weighted by atomic mass is 16.5. The molecule has 2 aliphatic heterocycles. The van der Waals surface area contributed by atoms with Gasteiger partial charge in [0.15, 0.2) is 11.5 Å². The van der Waals surface area contributed by atoms with Gasteiger partial charge in [-0.2, -0.15) is 0 Å². The van der Waals surface area contributed by atoms with Crippen LogP contribution in [0.3, 0.4) is 0 Å².